The van der Waals surface area contributed by atoms with Gasteiger partial charge in [0, 0.05) is 51.4 Å². The number of carbonyl (C=O) groups is 4. The van der Waals surface area contributed by atoms with Crippen molar-refractivity contribution in [1.29, 1.82) is 0 Å². The van der Waals surface area contributed by atoms with Crippen LogP contribution in [-0.4, -0.2) is 111 Å². The number of carbonyl (C=O) groups excluding carboxylic acids is 3. The van der Waals surface area contributed by atoms with Crippen LogP contribution in [0.25, 0.3) is 0 Å². The van der Waals surface area contributed by atoms with Crippen LogP contribution in [0.2, 0.25) is 0 Å². The standard InChI is InChI=1S/C23H48N7O8PS/c1-18(2)29-20(32)15-30(14-19(24)31)21(33)6-9-25-16-37-27-8-5-12-36-23(3,4)7-10-26-17-38-28-11-13-39(40)22(34)35/h18,25-28,40H,5-17H2,1-4H3,(H2,24,31)(H,29,32)(H,34,35). The first-order valence-electron chi connectivity index (χ1n) is 13.1. The van der Waals surface area contributed by atoms with Crippen molar-refractivity contribution in [2.45, 2.75) is 58.6 Å². The zero-order chi connectivity index (χ0) is 30.4. The Labute approximate surface area is 243 Å². The van der Waals surface area contributed by atoms with Crippen LogP contribution in [0.1, 0.15) is 47.0 Å². The lowest BCUT2D eigenvalue weighted by Crippen LogP contribution is -2.46. The molecule has 1 unspecified atom stereocenters. The smallest absolute Gasteiger partial charge is 0.334 e. The minimum atomic E-state index is -1.33. The van der Waals surface area contributed by atoms with Crippen molar-refractivity contribution in [3.05, 3.63) is 0 Å². The summed E-state index contributed by atoms with van der Waals surface area (Å²) in [6.45, 7) is 10.0. The number of primary amides is 1. The average Bonchev–Trinajstić information content (AvgIpc) is 2.85. The van der Waals surface area contributed by atoms with Gasteiger partial charge in [0.25, 0.3) is 0 Å². The number of ether oxygens (including phenoxy) is 1. The molecule has 0 radical (unpaired) electrons. The first kappa shape index (κ1) is 38.4. The second-order valence-electron chi connectivity index (χ2n) is 9.67. The molecule has 234 valence electrons. The van der Waals surface area contributed by atoms with E-state index in [0.717, 1.165) is 17.7 Å². The minimum Gasteiger partial charge on any atom is -0.478 e. The Balaban J connectivity index is 3.79. The van der Waals surface area contributed by atoms with Gasteiger partial charge in [0.05, 0.1) is 19.3 Å². The van der Waals surface area contributed by atoms with Crippen molar-refractivity contribution >= 4 is 42.8 Å². The Kier molecular flexibility index (Phi) is 22.1. The summed E-state index contributed by atoms with van der Waals surface area (Å²) in [7, 11) is -1.33. The van der Waals surface area contributed by atoms with Crippen LogP contribution in [0.5, 0.6) is 0 Å². The Morgan fingerprint density at radius 2 is 1.62 bits per heavy atom. The van der Waals surface area contributed by atoms with Gasteiger partial charge < -0.3 is 25.8 Å². The number of rotatable bonds is 26. The van der Waals surface area contributed by atoms with Crippen LogP contribution in [0, 0.1) is 0 Å². The van der Waals surface area contributed by atoms with Crippen LogP contribution >= 0.6 is 19.4 Å². The van der Waals surface area contributed by atoms with Crippen molar-refractivity contribution in [2.75, 3.05) is 65.5 Å². The fourth-order valence-corrected chi connectivity index (χ4v) is 3.80. The van der Waals surface area contributed by atoms with Gasteiger partial charge in [-0.2, -0.15) is 0 Å². The van der Waals surface area contributed by atoms with Gasteiger partial charge in [-0.05, 0) is 40.5 Å². The van der Waals surface area contributed by atoms with Crippen molar-refractivity contribution in [1.82, 2.24) is 31.8 Å². The van der Waals surface area contributed by atoms with Crippen LogP contribution in [0.15, 0.2) is 0 Å². The first-order valence-corrected chi connectivity index (χ1v) is 15.8. The van der Waals surface area contributed by atoms with Gasteiger partial charge in [-0.15, -0.1) is 12.2 Å². The zero-order valence-corrected chi connectivity index (χ0v) is 25.8. The van der Waals surface area contributed by atoms with Gasteiger partial charge in [-0.25, -0.2) is 15.8 Å². The number of thiol groups is 1. The Hall–Kier alpha value is -1.62. The van der Waals surface area contributed by atoms with Crippen molar-refractivity contribution < 1.29 is 38.7 Å². The molecule has 0 aromatic carbocycles. The van der Waals surface area contributed by atoms with E-state index in [-0.39, 0.29) is 56.4 Å². The predicted octanol–water partition coefficient (Wildman–Crippen LogP) is -0.0683. The number of nitrogens with two attached hydrogens (primary N) is 1. The molecule has 0 rings (SSSR count). The highest BCUT2D eigenvalue weighted by atomic mass is 32.7. The summed E-state index contributed by atoms with van der Waals surface area (Å²) in [5.74, 6) is -1.40. The summed E-state index contributed by atoms with van der Waals surface area (Å²) in [6, 6.07) is -0.0768. The quantitative estimate of drug-likeness (QED) is 0.0212. The molecule has 17 heteroatoms. The third-order valence-corrected chi connectivity index (χ3v) is 7.22. The van der Waals surface area contributed by atoms with E-state index in [1.807, 2.05) is 13.8 Å². The normalized spacial score (nSPS) is 12.3. The van der Waals surface area contributed by atoms with Gasteiger partial charge in [-0.1, -0.05) is 0 Å². The molecular weight excluding hydrogens is 565 g/mol. The number of nitrogens with zero attached hydrogens (tertiary/aromatic N) is 1. The van der Waals surface area contributed by atoms with E-state index in [2.05, 4.69) is 39.2 Å². The van der Waals surface area contributed by atoms with E-state index in [1.165, 1.54) is 0 Å². The lowest BCUT2D eigenvalue weighted by Gasteiger charge is -2.25. The third kappa shape index (κ3) is 23.1. The second-order valence-corrected chi connectivity index (χ2v) is 12.7. The van der Waals surface area contributed by atoms with E-state index >= 15 is 0 Å². The van der Waals surface area contributed by atoms with Gasteiger partial charge >= 0.3 is 5.71 Å². The molecule has 0 fully saturated rings. The molecule has 0 aliphatic heterocycles. The van der Waals surface area contributed by atoms with Gasteiger partial charge in [0.15, 0.2) is 0 Å². The van der Waals surface area contributed by atoms with Gasteiger partial charge in [0.2, 0.25) is 17.7 Å². The second kappa shape index (κ2) is 23.0. The molecule has 0 aromatic heterocycles. The van der Waals surface area contributed by atoms with Crippen molar-refractivity contribution in [3.63, 3.8) is 0 Å². The zero-order valence-electron chi connectivity index (χ0n) is 24.0. The minimum absolute atomic E-state index is 0.0768. The molecule has 0 heterocycles. The third-order valence-electron chi connectivity index (χ3n) is 5.02. The van der Waals surface area contributed by atoms with Gasteiger partial charge in [0.1, 0.15) is 20.0 Å². The van der Waals surface area contributed by atoms with Crippen molar-refractivity contribution in [2.24, 2.45) is 5.73 Å². The Morgan fingerprint density at radius 1 is 1.00 bits per heavy atom. The predicted molar refractivity (Wildman–Crippen MR) is 156 cm³/mol. The highest BCUT2D eigenvalue weighted by Crippen LogP contribution is 2.40. The molecular formula is C23H48N7O8PS. The number of hydroxylamine groups is 2. The average molecular weight is 614 g/mol. The number of hydrogen-bond donors (Lipinski definition) is 8. The summed E-state index contributed by atoms with van der Waals surface area (Å²) in [4.78, 5) is 57.8. The molecule has 0 bridgehead atoms. The number of nitrogens with one attached hydrogen (secondary N) is 5. The summed E-state index contributed by atoms with van der Waals surface area (Å²) in [5, 5.41) is 17.5. The summed E-state index contributed by atoms with van der Waals surface area (Å²) >= 11 is 4.01. The molecule has 0 saturated carbocycles. The largest absolute Gasteiger partial charge is 0.478 e. The lowest BCUT2D eigenvalue weighted by molar-refractivity contribution is -0.138. The number of amides is 3. The molecule has 8 N–H and O–H groups in total. The fraction of sp³-hybridized carbons (Fsp3) is 0.826. The van der Waals surface area contributed by atoms with E-state index < -0.39 is 18.7 Å². The summed E-state index contributed by atoms with van der Waals surface area (Å²) < 4.78 is 5.92. The van der Waals surface area contributed by atoms with Crippen LogP contribution in [0.4, 0.5) is 4.79 Å². The molecule has 0 spiro atoms. The maximum Gasteiger partial charge on any atom is 0.334 e. The monoisotopic (exact) mass is 613 g/mol. The molecule has 40 heavy (non-hydrogen) atoms. The van der Waals surface area contributed by atoms with Crippen molar-refractivity contribution in [3.8, 4) is 0 Å². The Bertz CT molecular complexity index is 752. The van der Waals surface area contributed by atoms with E-state index in [4.69, 9.17) is 25.3 Å². The molecule has 0 aliphatic carbocycles. The highest BCUT2D eigenvalue weighted by Gasteiger charge is 2.19. The maximum atomic E-state index is 12.4. The first-order chi connectivity index (χ1) is 18.8. The molecule has 1 atom stereocenters. The van der Waals surface area contributed by atoms with E-state index in [0.29, 0.717) is 38.9 Å². The van der Waals surface area contributed by atoms with Crippen LogP contribution in [0.3, 0.4) is 0 Å². The topological polar surface area (TPSA) is 206 Å². The number of hydrogen-bond acceptors (Lipinski definition) is 12. The SMILES string of the molecule is CC(C)NC(=O)CN(CC(N)=O)C(=O)CCNCONCCCOC(C)(C)CCNCONCCP(S)C(=O)O. The van der Waals surface area contributed by atoms with Crippen LogP contribution < -0.4 is 32.6 Å². The van der Waals surface area contributed by atoms with Gasteiger partial charge in [-0.3, -0.25) is 34.7 Å². The van der Waals surface area contributed by atoms with E-state index in [1.54, 1.807) is 13.8 Å². The Morgan fingerprint density at radius 3 is 2.23 bits per heavy atom. The molecule has 0 saturated heterocycles. The maximum absolute atomic E-state index is 12.4. The molecule has 0 aliphatic rings. The van der Waals surface area contributed by atoms with Crippen LogP contribution in [-0.2, 0) is 28.8 Å². The lowest BCUT2D eigenvalue weighted by atomic mass is 10.1. The summed E-state index contributed by atoms with van der Waals surface area (Å²) in [6.07, 6.45) is 2.00. The highest BCUT2D eigenvalue weighted by molar-refractivity contribution is 8.50. The van der Waals surface area contributed by atoms with E-state index in [9.17, 15) is 19.2 Å². The number of carboxylic acid groups (broad SMARTS) is 1. The summed E-state index contributed by atoms with van der Waals surface area (Å²) in [5.41, 5.74) is 9.51. The molecule has 15 nitrogen and oxygen atoms in total. The molecule has 3 amide bonds. The fourth-order valence-electron chi connectivity index (χ4n) is 3.01. The molecule has 0 aromatic rings.